The average molecular weight is 295 g/mol. The molecule has 0 saturated carbocycles. The third kappa shape index (κ3) is 3.88. The van der Waals surface area contributed by atoms with Gasteiger partial charge < -0.3 is 10.5 Å². The summed E-state index contributed by atoms with van der Waals surface area (Å²) in [6.45, 7) is 1.56. The van der Waals surface area contributed by atoms with Gasteiger partial charge in [-0.3, -0.25) is 9.59 Å². The van der Waals surface area contributed by atoms with E-state index in [1.807, 2.05) is 12.1 Å². The maximum absolute atomic E-state index is 12.3. The summed E-state index contributed by atoms with van der Waals surface area (Å²) in [5.41, 5.74) is 7.63. The molecule has 0 saturated heterocycles. The summed E-state index contributed by atoms with van der Waals surface area (Å²) in [6, 6.07) is 13.5. The molecule has 4 heteroatoms. The van der Waals surface area contributed by atoms with Crippen LogP contribution < -0.4 is 5.73 Å². The van der Waals surface area contributed by atoms with Gasteiger partial charge >= 0.3 is 0 Å². The third-order valence-electron chi connectivity index (χ3n) is 3.41. The van der Waals surface area contributed by atoms with Crippen molar-refractivity contribution in [3.63, 3.8) is 0 Å². The fourth-order valence-corrected chi connectivity index (χ4v) is 2.10. The molecule has 0 unspecified atom stereocenters. The first-order valence-corrected chi connectivity index (χ1v) is 7.00. The molecule has 0 heterocycles. The number of ketones is 2. The molecule has 0 radical (unpaired) electrons. The Hall–Kier alpha value is -2.75. The highest BCUT2D eigenvalue weighted by atomic mass is 16.1. The van der Waals surface area contributed by atoms with Gasteiger partial charge in [-0.15, -0.1) is 0 Å². The van der Waals surface area contributed by atoms with E-state index in [0.29, 0.717) is 29.5 Å². The molecule has 0 atom stereocenters. The zero-order chi connectivity index (χ0) is 16.1. The van der Waals surface area contributed by atoms with E-state index in [1.165, 1.54) is 12.1 Å². The van der Waals surface area contributed by atoms with Gasteiger partial charge in [-0.2, -0.15) is 0 Å². The lowest BCUT2D eigenvalue weighted by atomic mass is 9.99. The first kappa shape index (κ1) is 15.6. The second-order valence-corrected chi connectivity index (χ2v) is 5.17. The summed E-state index contributed by atoms with van der Waals surface area (Å²) < 4.78 is 0. The minimum Gasteiger partial charge on any atom is -0.366 e. The predicted octanol–water partition coefficient (Wildman–Crippen LogP) is 2.54. The van der Waals surface area contributed by atoms with Crippen LogP contribution in [0.3, 0.4) is 0 Å². The zero-order valence-electron chi connectivity index (χ0n) is 12.3. The highest BCUT2D eigenvalue weighted by Gasteiger charge is 2.10. The number of amides is 1. The molecule has 0 aliphatic carbocycles. The summed E-state index contributed by atoms with van der Waals surface area (Å²) in [5, 5.41) is 0. The SMILES string of the molecule is CC(=O)CCc1ccc(C(=O)c2ccc(C(N)=O)cc2)cc1. The molecule has 0 aliphatic heterocycles. The Morgan fingerprint density at radius 1 is 0.818 bits per heavy atom. The second kappa shape index (κ2) is 6.80. The van der Waals surface area contributed by atoms with Crippen molar-refractivity contribution < 1.29 is 14.4 Å². The van der Waals surface area contributed by atoms with E-state index in [0.717, 1.165) is 5.56 Å². The summed E-state index contributed by atoms with van der Waals surface area (Å²) in [6.07, 6.45) is 1.18. The number of rotatable bonds is 6. The molecule has 0 bridgehead atoms. The minimum atomic E-state index is -0.520. The van der Waals surface area contributed by atoms with E-state index in [4.69, 9.17) is 5.73 Å². The van der Waals surface area contributed by atoms with Crippen molar-refractivity contribution in [3.05, 3.63) is 70.8 Å². The van der Waals surface area contributed by atoms with Crippen LogP contribution in [0.15, 0.2) is 48.5 Å². The Bertz CT molecular complexity index is 700. The number of carbonyl (C=O) groups excluding carboxylic acids is 3. The molecular weight excluding hydrogens is 278 g/mol. The zero-order valence-corrected chi connectivity index (χ0v) is 12.3. The fraction of sp³-hybridized carbons (Fsp3) is 0.167. The van der Waals surface area contributed by atoms with E-state index in [1.54, 1.807) is 31.2 Å². The molecule has 1 amide bonds. The molecule has 2 aromatic carbocycles. The van der Waals surface area contributed by atoms with Crippen molar-refractivity contribution in [3.8, 4) is 0 Å². The number of hydrogen-bond acceptors (Lipinski definition) is 3. The van der Waals surface area contributed by atoms with E-state index in [9.17, 15) is 14.4 Å². The number of benzene rings is 2. The van der Waals surface area contributed by atoms with Gasteiger partial charge in [0.25, 0.3) is 0 Å². The van der Waals surface area contributed by atoms with Crippen LogP contribution in [-0.2, 0) is 11.2 Å². The lowest BCUT2D eigenvalue weighted by Crippen LogP contribution is -2.11. The largest absolute Gasteiger partial charge is 0.366 e. The van der Waals surface area contributed by atoms with Crippen LogP contribution in [0.5, 0.6) is 0 Å². The Balaban J connectivity index is 2.12. The van der Waals surface area contributed by atoms with Gasteiger partial charge in [0.05, 0.1) is 0 Å². The molecule has 0 aromatic heterocycles. The molecule has 22 heavy (non-hydrogen) atoms. The quantitative estimate of drug-likeness (QED) is 0.832. The average Bonchev–Trinajstić information content (AvgIpc) is 2.53. The molecule has 0 fully saturated rings. The van der Waals surface area contributed by atoms with Crippen molar-refractivity contribution in [2.45, 2.75) is 19.8 Å². The Morgan fingerprint density at radius 3 is 1.73 bits per heavy atom. The van der Waals surface area contributed by atoms with E-state index < -0.39 is 5.91 Å². The second-order valence-electron chi connectivity index (χ2n) is 5.17. The van der Waals surface area contributed by atoms with Crippen molar-refractivity contribution in [2.24, 2.45) is 5.73 Å². The lowest BCUT2D eigenvalue weighted by Gasteiger charge is -2.04. The molecule has 2 rings (SSSR count). The van der Waals surface area contributed by atoms with Gasteiger partial charge in [-0.25, -0.2) is 0 Å². The standard InChI is InChI=1S/C18H17NO3/c1-12(20)2-3-13-4-6-14(7-5-13)17(21)15-8-10-16(11-9-15)18(19)22/h4-11H,2-3H2,1H3,(H2,19,22). The molecule has 0 aliphatic rings. The van der Waals surface area contributed by atoms with Crippen LogP contribution in [0, 0.1) is 0 Å². The molecular formula is C18H17NO3. The van der Waals surface area contributed by atoms with Gasteiger partial charge in [0.1, 0.15) is 5.78 Å². The molecule has 4 nitrogen and oxygen atoms in total. The fourth-order valence-electron chi connectivity index (χ4n) is 2.10. The highest BCUT2D eigenvalue weighted by Crippen LogP contribution is 2.13. The Morgan fingerprint density at radius 2 is 1.27 bits per heavy atom. The Kier molecular flexibility index (Phi) is 4.84. The third-order valence-corrected chi connectivity index (χ3v) is 3.41. The van der Waals surface area contributed by atoms with Crippen LogP contribution >= 0.6 is 0 Å². The molecule has 2 N–H and O–H groups in total. The monoisotopic (exact) mass is 295 g/mol. The Labute approximate surface area is 129 Å². The van der Waals surface area contributed by atoms with Gasteiger partial charge in [0.15, 0.2) is 5.78 Å². The molecule has 112 valence electrons. The van der Waals surface area contributed by atoms with Crippen LogP contribution in [0.25, 0.3) is 0 Å². The van der Waals surface area contributed by atoms with Gasteiger partial charge in [-0.1, -0.05) is 36.4 Å². The summed E-state index contributed by atoms with van der Waals surface area (Å²) in [5.74, 6) is -0.488. The van der Waals surface area contributed by atoms with Crippen LogP contribution in [0.1, 0.15) is 45.2 Å². The highest BCUT2D eigenvalue weighted by molar-refractivity contribution is 6.09. The van der Waals surface area contributed by atoms with E-state index >= 15 is 0 Å². The number of Topliss-reactive ketones (excluding diaryl/α,β-unsaturated/α-hetero) is 1. The van der Waals surface area contributed by atoms with Crippen LogP contribution in [0.4, 0.5) is 0 Å². The number of aryl methyl sites for hydroxylation is 1. The normalized spacial score (nSPS) is 10.2. The van der Waals surface area contributed by atoms with Crippen molar-refractivity contribution in [1.29, 1.82) is 0 Å². The minimum absolute atomic E-state index is 0.117. The first-order chi connectivity index (χ1) is 10.5. The number of carbonyl (C=O) groups is 3. The molecule has 2 aromatic rings. The van der Waals surface area contributed by atoms with Gasteiger partial charge in [0, 0.05) is 23.1 Å². The number of primary amides is 1. The number of hydrogen-bond donors (Lipinski definition) is 1. The number of nitrogens with two attached hydrogens (primary N) is 1. The summed E-state index contributed by atoms with van der Waals surface area (Å²) >= 11 is 0. The van der Waals surface area contributed by atoms with E-state index in [2.05, 4.69) is 0 Å². The smallest absolute Gasteiger partial charge is 0.248 e. The predicted molar refractivity (Wildman–Crippen MR) is 83.8 cm³/mol. The molecule has 0 spiro atoms. The van der Waals surface area contributed by atoms with Gasteiger partial charge in [0.2, 0.25) is 5.91 Å². The first-order valence-electron chi connectivity index (χ1n) is 7.00. The van der Waals surface area contributed by atoms with Gasteiger partial charge in [-0.05, 0) is 31.0 Å². The van der Waals surface area contributed by atoms with Crippen LogP contribution in [0.2, 0.25) is 0 Å². The summed E-state index contributed by atoms with van der Waals surface area (Å²) in [4.78, 5) is 34.3. The van der Waals surface area contributed by atoms with Crippen molar-refractivity contribution in [1.82, 2.24) is 0 Å². The topological polar surface area (TPSA) is 77.2 Å². The summed E-state index contributed by atoms with van der Waals surface area (Å²) in [7, 11) is 0. The van der Waals surface area contributed by atoms with Crippen molar-refractivity contribution in [2.75, 3.05) is 0 Å². The van der Waals surface area contributed by atoms with Crippen LogP contribution in [-0.4, -0.2) is 17.5 Å². The lowest BCUT2D eigenvalue weighted by molar-refractivity contribution is -0.116. The maximum Gasteiger partial charge on any atom is 0.248 e. The maximum atomic E-state index is 12.3. The van der Waals surface area contributed by atoms with Crippen molar-refractivity contribution >= 4 is 17.5 Å². The van der Waals surface area contributed by atoms with E-state index in [-0.39, 0.29) is 11.6 Å².